The summed E-state index contributed by atoms with van der Waals surface area (Å²) in [5.74, 6) is -0.180. The smallest absolute Gasteiger partial charge is 0.350 e. The molecular formula is C15H21F3N2O. The van der Waals surface area contributed by atoms with Crippen LogP contribution < -0.4 is 11.1 Å². The summed E-state index contributed by atoms with van der Waals surface area (Å²) < 4.78 is 37.9. The minimum Gasteiger partial charge on any atom is -0.350 e. The Labute approximate surface area is 122 Å². The van der Waals surface area contributed by atoms with Crippen molar-refractivity contribution in [3.8, 4) is 0 Å². The van der Waals surface area contributed by atoms with E-state index in [-0.39, 0.29) is 11.9 Å². The maximum atomic E-state index is 12.6. The lowest BCUT2D eigenvalue weighted by Gasteiger charge is -2.16. The maximum Gasteiger partial charge on any atom is 0.416 e. The predicted molar refractivity (Wildman–Crippen MR) is 75.5 cm³/mol. The molecule has 2 atom stereocenters. The number of amides is 1. The third-order valence-corrected chi connectivity index (χ3v) is 3.15. The topological polar surface area (TPSA) is 55.1 Å². The van der Waals surface area contributed by atoms with E-state index in [0.717, 1.165) is 18.6 Å². The third-order valence-electron chi connectivity index (χ3n) is 3.15. The van der Waals surface area contributed by atoms with Gasteiger partial charge in [-0.25, -0.2) is 0 Å². The molecule has 3 nitrogen and oxygen atoms in total. The number of carbonyl (C=O) groups excluding carboxylic acids is 1. The molecule has 0 fully saturated rings. The van der Waals surface area contributed by atoms with Gasteiger partial charge in [0.05, 0.1) is 11.6 Å². The summed E-state index contributed by atoms with van der Waals surface area (Å²) in [7, 11) is 0. The zero-order valence-corrected chi connectivity index (χ0v) is 12.2. The first-order valence-corrected chi connectivity index (χ1v) is 6.92. The minimum absolute atomic E-state index is 0.0405. The van der Waals surface area contributed by atoms with E-state index in [1.54, 1.807) is 13.0 Å². The Morgan fingerprint density at radius 3 is 2.57 bits per heavy atom. The average Bonchev–Trinajstić information content (AvgIpc) is 2.37. The molecule has 0 saturated carbocycles. The first-order chi connectivity index (χ1) is 9.70. The van der Waals surface area contributed by atoms with Crippen molar-refractivity contribution in [1.82, 2.24) is 5.32 Å². The van der Waals surface area contributed by atoms with Crippen LogP contribution in [0.2, 0.25) is 0 Å². The highest BCUT2D eigenvalue weighted by Gasteiger charge is 2.30. The summed E-state index contributed by atoms with van der Waals surface area (Å²) >= 11 is 0. The van der Waals surface area contributed by atoms with E-state index in [0.29, 0.717) is 18.4 Å². The van der Waals surface area contributed by atoms with Gasteiger partial charge in [0.2, 0.25) is 5.91 Å². The lowest BCUT2D eigenvalue weighted by Crippen LogP contribution is -2.27. The SMILES string of the molecule is CC(N)CCCC(=O)NC(C)c1cccc(C(F)(F)F)c1. The van der Waals surface area contributed by atoms with Crippen LogP contribution >= 0.6 is 0 Å². The Kier molecular flexibility index (Phi) is 6.20. The molecule has 1 rings (SSSR count). The molecule has 0 radical (unpaired) electrons. The molecule has 0 saturated heterocycles. The molecule has 0 aromatic heterocycles. The Bertz CT molecular complexity index is 472. The van der Waals surface area contributed by atoms with Gasteiger partial charge in [-0.15, -0.1) is 0 Å². The van der Waals surface area contributed by atoms with Crippen molar-refractivity contribution in [2.75, 3.05) is 0 Å². The highest BCUT2D eigenvalue weighted by atomic mass is 19.4. The molecule has 0 spiro atoms. The summed E-state index contributed by atoms with van der Waals surface area (Å²) in [5, 5.41) is 2.70. The van der Waals surface area contributed by atoms with Crippen molar-refractivity contribution in [2.45, 2.75) is 51.4 Å². The molecule has 1 aromatic rings. The Balaban J connectivity index is 2.59. The zero-order valence-electron chi connectivity index (χ0n) is 12.2. The fraction of sp³-hybridized carbons (Fsp3) is 0.533. The van der Waals surface area contributed by atoms with Gasteiger partial charge in [-0.1, -0.05) is 12.1 Å². The summed E-state index contributed by atoms with van der Waals surface area (Å²) in [4.78, 5) is 11.7. The van der Waals surface area contributed by atoms with Crippen molar-refractivity contribution in [1.29, 1.82) is 0 Å². The van der Waals surface area contributed by atoms with E-state index in [4.69, 9.17) is 5.73 Å². The quantitative estimate of drug-likeness (QED) is 0.846. The molecule has 2 unspecified atom stereocenters. The van der Waals surface area contributed by atoms with E-state index in [1.807, 2.05) is 6.92 Å². The second-order valence-corrected chi connectivity index (χ2v) is 5.28. The number of benzene rings is 1. The predicted octanol–water partition coefficient (Wildman–Crippen LogP) is 3.40. The standard InChI is InChI=1S/C15H21F3N2O/c1-10(19)5-3-8-14(21)20-11(2)12-6-4-7-13(9-12)15(16,17)18/h4,6-7,9-11H,3,5,8,19H2,1-2H3,(H,20,21). The van der Waals surface area contributed by atoms with Crippen LogP contribution in [0.25, 0.3) is 0 Å². The van der Waals surface area contributed by atoms with E-state index in [9.17, 15) is 18.0 Å². The van der Waals surface area contributed by atoms with Crippen LogP contribution in [-0.2, 0) is 11.0 Å². The lowest BCUT2D eigenvalue weighted by molar-refractivity contribution is -0.137. The van der Waals surface area contributed by atoms with E-state index in [2.05, 4.69) is 5.32 Å². The molecule has 0 aliphatic heterocycles. The molecule has 1 amide bonds. The van der Waals surface area contributed by atoms with Gasteiger partial charge in [0.1, 0.15) is 0 Å². The summed E-state index contributed by atoms with van der Waals surface area (Å²) in [6.07, 6.45) is -2.65. The number of hydrogen-bond donors (Lipinski definition) is 2. The van der Waals surface area contributed by atoms with Crippen LogP contribution in [0, 0.1) is 0 Å². The number of hydrogen-bond acceptors (Lipinski definition) is 2. The highest BCUT2D eigenvalue weighted by molar-refractivity contribution is 5.76. The lowest BCUT2D eigenvalue weighted by atomic mass is 10.0. The minimum atomic E-state index is -4.38. The Morgan fingerprint density at radius 2 is 2.00 bits per heavy atom. The molecule has 6 heteroatoms. The van der Waals surface area contributed by atoms with Crippen LogP contribution in [0.5, 0.6) is 0 Å². The van der Waals surface area contributed by atoms with Crippen LogP contribution in [0.1, 0.15) is 50.3 Å². The summed E-state index contributed by atoms with van der Waals surface area (Å²) in [5.41, 5.74) is 5.32. The normalized spacial score (nSPS) is 14.6. The van der Waals surface area contributed by atoms with Crippen molar-refractivity contribution in [3.05, 3.63) is 35.4 Å². The van der Waals surface area contributed by atoms with Crippen LogP contribution in [-0.4, -0.2) is 11.9 Å². The first kappa shape index (κ1) is 17.5. The largest absolute Gasteiger partial charge is 0.416 e. The van der Waals surface area contributed by atoms with Gasteiger partial charge in [0.15, 0.2) is 0 Å². The molecule has 21 heavy (non-hydrogen) atoms. The summed E-state index contributed by atoms with van der Waals surface area (Å²) in [6, 6.07) is 4.57. The monoisotopic (exact) mass is 302 g/mol. The molecule has 3 N–H and O–H groups in total. The second-order valence-electron chi connectivity index (χ2n) is 5.28. The first-order valence-electron chi connectivity index (χ1n) is 6.92. The number of halogens is 3. The van der Waals surface area contributed by atoms with Gasteiger partial charge in [0.25, 0.3) is 0 Å². The van der Waals surface area contributed by atoms with Crippen LogP contribution in [0.3, 0.4) is 0 Å². The Morgan fingerprint density at radius 1 is 1.33 bits per heavy atom. The van der Waals surface area contributed by atoms with E-state index in [1.165, 1.54) is 6.07 Å². The number of carbonyl (C=O) groups is 1. The van der Waals surface area contributed by atoms with Gasteiger partial charge in [-0.05, 0) is 44.4 Å². The van der Waals surface area contributed by atoms with Gasteiger partial charge in [-0.3, -0.25) is 4.79 Å². The zero-order chi connectivity index (χ0) is 16.0. The van der Waals surface area contributed by atoms with Gasteiger partial charge >= 0.3 is 6.18 Å². The molecule has 0 heterocycles. The van der Waals surface area contributed by atoms with E-state index >= 15 is 0 Å². The third kappa shape index (κ3) is 6.16. The number of nitrogens with two attached hydrogens (primary N) is 1. The van der Waals surface area contributed by atoms with E-state index < -0.39 is 17.8 Å². The van der Waals surface area contributed by atoms with Crippen molar-refractivity contribution in [2.24, 2.45) is 5.73 Å². The highest BCUT2D eigenvalue weighted by Crippen LogP contribution is 2.30. The molecule has 1 aromatic carbocycles. The molecule has 0 aliphatic rings. The fourth-order valence-corrected chi connectivity index (χ4v) is 1.97. The van der Waals surface area contributed by atoms with Crippen LogP contribution in [0.4, 0.5) is 13.2 Å². The van der Waals surface area contributed by atoms with Gasteiger partial charge in [-0.2, -0.15) is 13.2 Å². The second kappa shape index (κ2) is 7.45. The van der Waals surface area contributed by atoms with Crippen LogP contribution in [0.15, 0.2) is 24.3 Å². The molecular weight excluding hydrogens is 281 g/mol. The van der Waals surface area contributed by atoms with Gasteiger partial charge in [0, 0.05) is 12.5 Å². The number of rotatable bonds is 6. The van der Waals surface area contributed by atoms with Gasteiger partial charge < -0.3 is 11.1 Å². The number of alkyl halides is 3. The van der Waals surface area contributed by atoms with Crippen molar-refractivity contribution >= 4 is 5.91 Å². The average molecular weight is 302 g/mol. The molecule has 118 valence electrons. The molecule has 0 aliphatic carbocycles. The maximum absolute atomic E-state index is 12.6. The number of nitrogens with one attached hydrogen (secondary N) is 1. The Hall–Kier alpha value is -1.56. The van der Waals surface area contributed by atoms with Crippen molar-refractivity contribution < 1.29 is 18.0 Å². The van der Waals surface area contributed by atoms with Crippen molar-refractivity contribution in [3.63, 3.8) is 0 Å². The summed E-state index contributed by atoms with van der Waals surface area (Å²) in [6.45, 7) is 3.53. The fourth-order valence-electron chi connectivity index (χ4n) is 1.97. The molecule has 0 bridgehead atoms.